The number of aryl methyl sites for hydroxylation is 2. The van der Waals surface area contributed by atoms with Crippen molar-refractivity contribution in [3.63, 3.8) is 0 Å². The zero-order valence-corrected chi connectivity index (χ0v) is 20.5. The molecule has 3 aromatic carbocycles. The van der Waals surface area contributed by atoms with Gasteiger partial charge in [-0.25, -0.2) is 14.6 Å². The summed E-state index contributed by atoms with van der Waals surface area (Å²) in [7, 11) is 3.40. The zero-order chi connectivity index (χ0) is 25.1. The number of carbonyl (C=O) groups is 2. The molecule has 2 N–H and O–H groups in total. The number of carboxylic acid groups (broad SMARTS) is 1. The summed E-state index contributed by atoms with van der Waals surface area (Å²) >= 11 is 0. The maximum absolute atomic E-state index is 12.2. The third-order valence-corrected chi connectivity index (χ3v) is 6.05. The lowest BCUT2D eigenvalue weighted by Crippen LogP contribution is -2.27. The van der Waals surface area contributed by atoms with Crippen LogP contribution >= 0.6 is 0 Å². The lowest BCUT2D eigenvalue weighted by atomic mass is 9.95. The van der Waals surface area contributed by atoms with Crippen LogP contribution in [0.2, 0.25) is 0 Å². The van der Waals surface area contributed by atoms with E-state index in [2.05, 4.69) is 22.9 Å². The smallest absolute Gasteiger partial charge is 0.336 e. The number of nitrogens with one attached hydrogen (secondary N) is 1. The fourth-order valence-corrected chi connectivity index (χ4v) is 4.22. The molecule has 7 nitrogen and oxygen atoms in total. The first kappa shape index (κ1) is 24.0. The zero-order valence-electron chi connectivity index (χ0n) is 20.5. The maximum Gasteiger partial charge on any atom is 0.336 e. The van der Waals surface area contributed by atoms with Crippen LogP contribution in [0.4, 0.5) is 10.5 Å². The molecule has 35 heavy (non-hydrogen) atoms. The third kappa shape index (κ3) is 4.89. The number of carbonyl (C=O) groups excluding carboxylic acids is 1. The largest absolute Gasteiger partial charge is 0.478 e. The Hall–Kier alpha value is -4.13. The van der Waals surface area contributed by atoms with Crippen molar-refractivity contribution in [2.24, 2.45) is 0 Å². The van der Waals surface area contributed by atoms with Crippen molar-refractivity contribution in [1.82, 2.24) is 14.5 Å². The molecule has 1 aromatic heterocycles. The van der Waals surface area contributed by atoms with Gasteiger partial charge in [-0.3, -0.25) is 4.57 Å². The van der Waals surface area contributed by atoms with E-state index < -0.39 is 5.97 Å². The number of nitrogens with zero attached hydrogens (tertiary/aromatic N) is 3. The highest BCUT2D eigenvalue weighted by atomic mass is 16.4. The minimum absolute atomic E-state index is 0.195. The fraction of sp³-hybridized carbons (Fsp3) is 0.250. The van der Waals surface area contributed by atoms with Gasteiger partial charge >= 0.3 is 12.0 Å². The second-order valence-corrected chi connectivity index (χ2v) is 8.85. The van der Waals surface area contributed by atoms with Crippen LogP contribution in [-0.2, 0) is 6.42 Å². The summed E-state index contributed by atoms with van der Waals surface area (Å²) in [5.41, 5.74) is 6.23. The van der Waals surface area contributed by atoms with E-state index in [4.69, 9.17) is 4.98 Å². The van der Waals surface area contributed by atoms with Gasteiger partial charge < -0.3 is 15.3 Å². The molecular formula is C28H30N4O3. The minimum Gasteiger partial charge on any atom is -0.478 e. The van der Waals surface area contributed by atoms with Crippen molar-refractivity contribution >= 4 is 28.7 Å². The Morgan fingerprint density at radius 3 is 2.49 bits per heavy atom. The van der Waals surface area contributed by atoms with Crippen LogP contribution in [0.1, 0.15) is 41.5 Å². The Morgan fingerprint density at radius 2 is 1.80 bits per heavy atom. The summed E-state index contributed by atoms with van der Waals surface area (Å²) in [4.78, 5) is 30.3. The summed E-state index contributed by atoms with van der Waals surface area (Å²) in [6, 6.07) is 18.6. The highest BCUT2D eigenvalue weighted by molar-refractivity contribution is 5.96. The quantitative estimate of drug-likeness (QED) is 0.340. The Balaban J connectivity index is 1.84. The predicted molar refractivity (Wildman–Crippen MR) is 140 cm³/mol. The number of hydrogen-bond donors (Lipinski definition) is 2. The molecule has 180 valence electrons. The van der Waals surface area contributed by atoms with Crippen molar-refractivity contribution in [3.8, 4) is 16.8 Å². The van der Waals surface area contributed by atoms with E-state index in [9.17, 15) is 14.7 Å². The molecule has 0 saturated heterocycles. The van der Waals surface area contributed by atoms with Crippen LogP contribution in [0.3, 0.4) is 0 Å². The summed E-state index contributed by atoms with van der Waals surface area (Å²) in [5.74, 6) is 0.00912. The summed E-state index contributed by atoms with van der Waals surface area (Å²) in [6.45, 7) is 4.14. The first-order chi connectivity index (χ1) is 16.8. The van der Waals surface area contributed by atoms with Gasteiger partial charge in [0, 0.05) is 31.9 Å². The Bertz CT molecular complexity index is 1400. The van der Waals surface area contributed by atoms with Gasteiger partial charge in [-0.1, -0.05) is 37.6 Å². The molecule has 7 heteroatoms. The van der Waals surface area contributed by atoms with Crippen LogP contribution in [0.15, 0.2) is 60.7 Å². The topological polar surface area (TPSA) is 87.5 Å². The van der Waals surface area contributed by atoms with Gasteiger partial charge in [0.1, 0.15) is 5.82 Å². The van der Waals surface area contributed by atoms with E-state index in [0.29, 0.717) is 11.3 Å². The van der Waals surface area contributed by atoms with Gasteiger partial charge in [0.15, 0.2) is 0 Å². The number of aromatic carboxylic acids is 1. The van der Waals surface area contributed by atoms with Gasteiger partial charge in [-0.2, -0.15) is 0 Å². The molecule has 0 bridgehead atoms. The van der Waals surface area contributed by atoms with Crippen molar-refractivity contribution in [3.05, 3.63) is 77.6 Å². The number of unbranched alkanes of at least 4 members (excludes halogenated alkanes) is 1. The first-order valence-corrected chi connectivity index (χ1v) is 11.7. The number of fused-ring (bicyclic) bond motifs is 1. The van der Waals surface area contributed by atoms with Crippen LogP contribution in [0.25, 0.3) is 27.8 Å². The highest BCUT2D eigenvalue weighted by Gasteiger charge is 2.17. The van der Waals surface area contributed by atoms with Crippen molar-refractivity contribution in [2.45, 2.75) is 33.1 Å². The number of imidazole rings is 1. The summed E-state index contributed by atoms with van der Waals surface area (Å²) in [6.07, 6.45) is 2.89. The molecule has 0 aliphatic carbocycles. The Labute approximate surface area is 205 Å². The average molecular weight is 471 g/mol. The number of hydrogen-bond acceptors (Lipinski definition) is 3. The first-order valence-electron chi connectivity index (χ1n) is 11.7. The maximum atomic E-state index is 12.2. The van der Waals surface area contributed by atoms with E-state index in [-0.39, 0.29) is 11.6 Å². The lowest BCUT2D eigenvalue weighted by Gasteiger charge is -2.15. The second-order valence-electron chi connectivity index (χ2n) is 8.85. The van der Waals surface area contributed by atoms with Crippen LogP contribution in [0.5, 0.6) is 0 Å². The predicted octanol–water partition coefficient (Wildman–Crippen LogP) is 6.14. The number of urea groups is 1. The molecule has 1 heterocycles. The monoisotopic (exact) mass is 470 g/mol. The molecule has 0 fully saturated rings. The molecular weight excluding hydrogens is 440 g/mol. The fourth-order valence-electron chi connectivity index (χ4n) is 4.22. The van der Waals surface area contributed by atoms with E-state index in [1.165, 1.54) is 4.90 Å². The average Bonchev–Trinajstić information content (AvgIpc) is 3.20. The molecule has 4 aromatic rings. The van der Waals surface area contributed by atoms with E-state index >= 15 is 0 Å². The van der Waals surface area contributed by atoms with Crippen molar-refractivity contribution in [1.29, 1.82) is 0 Å². The molecule has 4 rings (SSSR count). The van der Waals surface area contributed by atoms with Gasteiger partial charge in [-0.05, 0) is 66.4 Å². The van der Waals surface area contributed by atoms with E-state index in [1.54, 1.807) is 26.2 Å². The molecule has 0 atom stereocenters. The number of anilines is 1. The van der Waals surface area contributed by atoms with Crippen LogP contribution in [-0.4, -0.2) is 45.7 Å². The Kier molecular flexibility index (Phi) is 6.87. The lowest BCUT2D eigenvalue weighted by molar-refractivity contribution is 0.0697. The summed E-state index contributed by atoms with van der Waals surface area (Å²) in [5, 5.41) is 12.6. The van der Waals surface area contributed by atoms with Crippen LogP contribution in [0, 0.1) is 6.92 Å². The van der Waals surface area contributed by atoms with Gasteiger partial charge in [0.2, 0.25) is 0 Å². The summed E-state index contributed by atoms with van der Waals surface area (Å²) < 4.78 is 2.14. The number of carboxylic acids is 1. The van der Waals surface area contributed by atoms with Gasteiger partial charge in [0.25, 0.3) is 0 Å². The van der Waals surface area contributed by atoms with Crippen LogP contribution < -0.4 is 5.32 Å². The molecule has 0 aliphatic rings. The standard InChI is InChI=1S/C28H30N4O3/c1-5-6-11-26-30-24-15-12-19(29-28(35)31(3)4)17-25(24)32(26)20-13-14-21(18(2)16-20)22-9-7-8-10-23(22)27(33)34/h7-10,12-17H,5-6,11H2,1-4H3,(H,29,35)(H,33,34). The van der Waals surface area contributed by atoms with Gasteiger partial charge in [0.05, 0.1) is 16.6 Å². The number of rotatable bonds is 7. The molecule has 0 spiro atoms. The number of amides is 2. The number of aromatic nitrogens is 2. The third-order valence-electron chi connectivity index (χ3n) is 6.05. The highest BCUT2D eigenvalue weighted by Crippen LogP contribution is 2.31. The molecule has 2 amide bonds. The molecule has 0 unspecified atom stereocenters. The minimum atomic E-state index is -0.946. The van der Waals surface area contributed by atoms with E-state index in [1.807, 2.05) is 49.4 Å². The van der Waals surface area contributed by atoms with Crippen molar-refractivity contribution < 1.29 is 14.7 Å². The SMILES string of the molecule is CCCCc1nc2ccc(NC(=O)N(C)C)cc2n1-c1ccc(-c2ccccc2C(=O)O)c(C)c1. The van der Waals surface area contributed by atoms with Gasteiger partial charge in [-0.15, -0.1) is 0 Å². The molecule has 0 aliphatic heterocycles. The second kappa shape index (κ2) is 10.0. The Morgan fingerprint density at radius 1 is 1.03 bits per heavy atom. The normalized spacial score (nSPS) is 11.0. The molecule has 0 radical (unpaired) electrons. The van der Waals surface area contributed by atoms with Crippen molar-refractivity contribution in [2.75, 3.05) is 19.4 Å². The molecule has 0 saturated carbocycles. The number of benzene rings is 3. The van der Waals surface area contributed by atoms with E-state index in [0.717, 1.165) is 52.9 Å².